The van der Waals surface area contributed by atoms with Crippen molar-refractivity contribution in [2.24, 2.45) is 0 Å². The van der Waals surface area contributed by atoms with E-state index in [-0.39, 0.29) is 22.9 Å². The molecule has 1 aromatic carbocycles. The van der Waals surface area contributed by atoms with Gasteiger partial charge in [0.15, 0.2) is 5.78 Å². The summed E-state index contributed by atoms with van der Waals surface area (Å²) in [5, 5.41) is 0. The Balaban J connectivity index is 2.05. The SMILES string of the molecule is CC(=O)c1cc(-c2ccc(F)cc2F)c2c(n1)O[C@H]([C@@H](C)OC(F)F)CC2. The van der Waals surface area contributed by atoms with E-state index in [1.54, 1.807) is 0 Å². The maximum atomic E-state index is 14.3. The van der Waals surface area contributed by atoms with Gasteiger partial charge in [-0.3, -0.25) is 4.79 Å². The average molecular weight is 383 g/mol. The fraction of sp³-hybridized carbons (Fsp3) is 0.368. The number of Topliss-reactive ketones (excluding diaryl/α,β-unsaturated/α-hetero) is 1. The fourth-order valence-corrected chi connectivity index (χ4v) is 3.09. The van der Waals surface area contributed by atoms with Crippen LogP contribution >= 0.6 is 0 Å². The summed E-state index contributed by atoms with van der Waals surface area (Å²) in [6.45, 7) is -0.190. The van der Waals surface area contributed by atoms with Crippen LogP contribution in [0.4, 0.5) is 17.6 Å². The molecule has 0 amide bonds. The molecule has 0 unspecified atom stereocenters. The summed E-state index contributed by atoms with van der Waals surface area (Å²) < 4.78 is 62.6. The highest BCUT2D eigenvalue weighted by molar-refractivity contribution is 5.94. The molecule has 1 aliphatic heterocycles. The minimum Gasteiger partial charge on any atom is -0.471 e. The molecule has 2 heterocycles. The van der Waals surface area contributed by atoms with Crippen molar-refractivity contribution in [1.82, 2.24) is 4.98 Å². The lowest BCUT2D eigenvalue weighted by molar-refractivity contribution is -0.180. The predicted octanol–water partition coefficient (Wildman–Crippen LogP) is 4.55. The zero-order valence-corrected chi connectivity index (χ0v) is 14.6. The molecule has 0 N–H and O–H groups in total. The lowest BCUT2D eigenvalue weighted by Gasteiger charge is -2.30. The van der Waals surface area contributed by atoms with Gasteiger partial charge in [0, 0.05) is 24.1 Å². The van der Waals surface area contributed by atoms with Gasteiger partial charge >= 0.3 is 6.61 Å². The third-order valence-electron chi connectivity index (χ3n) is 4.45. The van der Waals surface area contributed by atoms with Crippen LogP contribution in [0.5, 0.6) is 5.88 Å². The molecule has 0 bridgehead atoms. The molecule has 8 heteroatoms. The van der Waals surface area contributed by atoms with Gasteiger partial charge in [0.25, 0.3) is 0 Å². The van der Waals surface area contributed by atoms with E-state index in [2.05, 4.69) is 9.72 Å². The Morgan fingerprint density at radius 1 is 1.26 bits per heavy atom. The van der Waals surface area contributed by atoms with Crippen LogP contribution in [0, 0.1) is 11.6 Å². The maximum absolute atomic E-state index is 14.3. The molecule has 2 aromatic rings. The standard InChI is InChI=1S/C19H17F4NO3/c1-9(25)16-8-14(12-4-3-11(20)7-15(12)21)13-5-6-17(27-18(13)24-16)10(2)26-19(22)23/h3-4,7-8,10,17,19H,5-6H2,1-2H3/t10-,17+/m1/s1. The molecule has 2 atom stereocenters. The first-order valence-electron chi connectivity index (χ1n) is 8.36. The number of hydrogen-bond donors (Lipinski definition) is 0. The van der Waals surface area contributed by atoms with E-state index in [1.165, 1.54) is 26.0 Å². The molecule has 1 aliphatic rings. The molecule has 0 fully saturated rings. The summed E-state index contributed by atoms with van der Waals surface area (Å²) in [5.74, 6) is -1.80. The van der Waals surface area contributed by atoms with Gasteiger partial charge in [-0.15, -0.1) is 0 Å². The summed E-state index contributed by atoms with van der Waals surface area (Å²) >= 11 is 0. The van der Waals surface area contributed by atoms with Crippen molar-refractivity contribution in [3.05, 3.63) is 47.2 Å². The Morgan fingerprint density at radius 2 is 2.00 bits per heavy atom. The number of ketones is 1. The largest absolute Gasteiger partial charge is 0.471 e. The second-order valence-corrected chi connectivity index (χ2v) is 6.32. The summed E-state index contributed by atoms with van der Waals surface area (Å²) in [7, 11) is 0. The van der Waals surface area contributed by atoms with Crippen molar-refractivity contribution in [3.8, 4) is 17.0 Å². The van der Waals surface area contributed by atoms with Gasteiger partial charge < -0.3 is 9.47 Å². The smallest absolute Gasteiger partial charge is 0.345 e. The normalized spacial score (nSPS) is 17.4. The number of hydrogen-bond acceptors (Lipinski definition) is 4. The van der Waals surface area contributed by atoms with Gasteiger partial charge in [0.05, 0.1) is 6.10 Å². The molecule has 0 spiro atoms. The first kappa shape index (κ1) is 19.3. The second-order valence-electron chi connectivity index (χ2n) is 6.32. The Labute approximate surface area is 153 Å². The monoisotopic (exact) mass is 383 g/mol. The quantitative estimate of drug-likeness (QED) is 0.561. The van der Waals surface area contributed by atoms with Crippen molar-refractivity contribution in [2.75, 3.05) is 0 Å². The molecule has 4 nitrogen and oxygen atoms in total. The summed E-state index contributed by atoms with van der Waals surface area (Å²) in [6, 6.07) is 4.57. The molecular formula is C19H17F4NO3. The van der Waals surface area contributed by atoms with Crippen LogP contribution < -0.4 is 4.74 Å². The number of nitrogens with zero attached hydrogens (tertiary/aromatic N) is 1. The van der Waals surface area contributed by atoms with Crippen LogP contribution in [-0.4, -0.2) is 29.6 Å². The number of pyridine rings is 1. The molecule has 0 saturated heterocycles. The van der Waals surface area contributed by atoms with E-state index >= 15 is 0 Å². The zero-order valence-electron chi connectivity index (χ0n) is 14.6. The molecule has 144 valence electrons. The minimum absolute atomic E-state index is 0.0376. The van der Waals surface area contributed by atoms with Gasteiger partial charge in [-0.05, 0) is 43.5 Å². The van der Waals surface area contributed by atoms with E-state index in [0.717, 1.165) is 12.1 Å². The topological polar surface area (TPSA) is 48.4 Å². The van der Waals surface area contributed by atoms with Crippen LogP contribution in [0.1, 0.15) is 36.3 Å². The highest BCUT2D eigenvalue weighted by Crippen LogP contribution is 2.37. The number of halogens is 4. The Bertz CT molecular complexity index is 872. The van der Waals surface area contributed by atoms with Crippen molar-refractivity contribution >= 4 is 5.78 Å². The Hall–Kier alpha value is -2.48. The number of ether oxygens (including phenoxy) is 2. The summed E-state index contributed by atoms with van der Waals surface area (Å²) in [4.78, 5) is 16.0. The van der Waals surface area contributed by atoms with E-state index in [0.29, 0.717) is 24.0 Å². The number of rotatable bonds is 5. The van der Waals surface area contributed by atoms with E-state index in [1.807, 2.05) is 0 Å². The first-order chi connectivity index (χ1) is 12.8. The molecule has 3 rings (SSSR count). The third kappa shape index (κ3) is 4.10. The van der Waals surface area contributed by atoms with Crippen molar-refractivity contribution in [3.63, 3.8) is 0 Å². The van der Waals surface area contributed by atoms with Gasteiger partial charge in [-0.2, -0.15) is 8.78 Å². The van der Waals surface area contributed by atoms with Crippen LogP contribution in [-0.2, 0) is 11.2 Å². The number of aromatic nitrogens is 1. The lowest BCUT2D eigenvalue weighted by atomic mass is 9.92. The zero-order chi connectivity index (χ0) is 19.7. The molecule has 0 aliphatic carbocycles. The Morgan fingerprint density at radius 3 is 2.63 bits per heavy atom. The van der Waals surface area contributed by atoms with Crippen LogP contribution in [0.3, 0.4) is 0 Å². The van der Waals surface area contributed by atoms with Crippen molar-refractivity contribution < 1.29 is 31.8 Å². The first-order valence-corrected chi connectivity index (χ1v) is 8.36. The molecule has 1 aromatic heterocycles. The van der Waals surface area contributed by atoms with Gasteiger partial charge in [-0.1, -0.05) is 0 Å². The lowest BCUT2D eigenvalue weighted by Crippen LogP contribution is -2.36. The van der Waals surface area contributed by atoms with Crippen LogP contribution in [0.25, 0.3) is 11.1 Å². The number of alkyl halides is 2. The van der Waals surface area contributed by atoms with Crippen molar-refractivity contribution in [2.45, 2.75) is 45.5 Å². The second kappa shape index (κ2) is 7.64. The number of carbonyl (C=O) groups is 1. The van der Waals surface area contributed by atoms with Crippen molar-refractivity contribution in [1.29, 1.82) is 0 Å². The van der Waals surface area contributed by atoms with Crippen LogP contribution in [0.15, 0.2) is 24.3 Å². The Kier molecular flexibility index (Phi) is 5.46. The van der Waals surface area contributed by atoms with Crippen LogP contribution in [0.2, 0.25) is 0 Å². The average Bonchev–Trinajstić information content (AvgIpc) is 2.59. The summed E-state index contributed by atoms with van der Waals surface area (Å²) in [5.41, 5.74) is 1.04. The number of carbonyl (C=O) groups excluding carboxylic acids is 1. The van der Waals surface area contributed by atoms with E-state index < -0.39 is 30.5 Å². The molecule has 0 radical (unpaired) electrons. The molecule has 0 saturated carbocycles. The fourth-order valence-electron chi connectivity index (χ4n) is 3.09. The van der Waals surface area contributed by atoms with Gasteiger partial charge in [0.2, 0.25) is 5.88 Å². The minimum atomic E-state index is -2.94. The number of fused-ring (bicyclic) bond motifs is 1. The predicted molar refractivity (Wildman–Crippen MR) is 88.9 cm³/mol. The van der Waals surface area contributed by atoms with Gasteiger partial charge in [0.1, 0.15) is 23.4 Å². The third-order valence-corrected chi connectivity index (χ3v) is 4.45. The highest BCUT2D eigenvalue weighted by Gasteiger charge is 2.31. The van der Waals surface area contributed by atoms with Gasteiger partial charge in [-0.25, -0.2) is 13.8 Å². The van der Waals surface area contributed by atoms with E-state index in [9.17, 15) is 22.4 Å². The highest BCUT2D eigenvalue weighted by atomic mass is 19.3. The molecule has 27 heavy (non-hydrogen) atoms. The number of benzene rings is 1. The summed E-state index contributed by atoms with van der Waals surface area (Å²) in [6.07, 6.45) is -0.884. The van der Waals surface area contributed by atoms with E-state index in [4.69, 9.17) is 4.74 Å². The molecular weight excluding hydrogens is 366 g/mol. The maximum Gasteiger partial charge on any atom is 0.345 e.